The van der Waals surface area contributed by atoms with Crippen LogP contribution in [0.4, 0.5) is 0 Å². The highest BCUT2D eigenvalue weighted by Gasteiger charge is 2.25. The van der Waals surface area contributed by atoms with Gasteiger partial charge in [0.25, 0.3) is 0 Å². The molecule has 0 N–H and O–H groups in total. The third-order valence-corrected chi connectivity index (χ3v) is 10.00. The van der Waals surface area contributed by atoms with E-state index in [9.17, 15) is 13.0 Å². The smallest absolute Gasteiger partial charge is 0.224 e. The zero-order valence-corrected chi connectivity index (χ0v) is 29.4. The number of aromatic nitrogens is 1. The summed E-state index contributed by atoms with van der Waals surface area (Å²) >= 11 is 1.77. The fraction of sp³-hybridized carbons (Fsp3) is 0.750. The maximum Gasteiger partial charge on any atom is 0.224 e. The monoisotopic (exact) mass is 651 g/mol. The lowest BCUT2D eigenvalue weighted by molar-refractivity contribution is -0.692. The largest absolute Gasteiger partial charge is 0.744 e. The van der Waals surface area contributed by atoms with E-state index in [4.69, 9.17) is 9.47 Å². The summed E-state index contributed by atoms with van der Waals surface area (Å²) < 4.78 is 45.4. The van der Waals surface area contributed by atoms with Crippen LogP contribution < -0.4 is 4.57 Å². The van der Waals surface area contributed by atoms with E-state index in [1.54, 1.807) is 23.5 Å². The van der Waals surface area contributed by atoms with Gasteiger partial charge in [-0.05, 0) is 50.7 Å². The van der Waals surface area contributed by atoms with Crippen molar-refractivity contribution in [2.75, 3.05) is 19.8 Å². The predicted octanol–water partition coefficient (Wildman–Crippen LogP) is 9.40. The minimum atomic E-state index is -4.27. The van der Waals surface area contributed by atoms with E-state index < -0.39 is 10.1 Å². The van der Waals surface area contributed by atoms with Gasteiger partial charge in [-0.3, -0.25) is 0 Å². The molecule has 8 heteroatoms. The van der Waals surface area contributed by atoms with Crippen molar-refractivity contribution >= 4 is 21.5 Å². The topological polar surface area (TPSA) is 79.5 Å². The summed E-state index contributed by atoms with van der Waals surface area (Å²) in [6, 6.07) is 5.78. The van der Waals surface area contributed by atoms with Crippen molar-refractivity contribution in [2.24, 2.45) is 5.92 Å². The maximum atomic E-state index is 10.4. The number of benzene rings is 1. The molecule has 1 saturated heterocycles. The molecule has 2 aromatic rings. The molecular formula is C36H61NO5S2. The van der Waals surface area contributed by atoms with E-state index >= 15 is 0 Å². The standard InChI is InChI=1S/C29H54NO2S.C7H8O3S/c1-2-3-4-5-6-7-8-9-10-11-13-16-19-28-24-29(32-25-28)26-31-22-18-15-12-14-17-20-30-21-23-33-27-30;1-6-2-4-7(5-3-6)11(8,9)10/h21,23,27-29H,2-20,22,24-26H2,1H3;2-5H,1H3,(H,8,9,10)/q+1;/p-1/t28-,29+;/m1./s1. The zero-order valence-electron chi connectivity index (χ0n) is 27.8. The first-order valence-corrected chi connectivity index (χ1v) is 19.9. The number of aryl methyl sites for hydroxylation is 2. The van der Waals surface area contributed by atoms with Gasteiger partial charge in [0, 0.05) is 19.6 Å². The van der Waals surface area contributed by atoms with Crippen LogP contribution in [0.2, 0.25) is 0 Å². The van der Waals surface area contributed by atoms with Crippen molar-refractivity contribution in [3.63, 3.8) is 0 Å². The Kier molecular flexibility index (Phi) is 22.0. The molecule has 44 heavy (non-hydrogen) atoms. The molecule has 0 spiro atoms. The average molecular weight is 652 g/mol. The van der Waals surface area contributed by atoms with E-state index in [0.29, 0.717) is 6.10 Å². The number of hydrogen-bond acceptors (Lipinski definition) is 6. The number of thiazole rings is 1. The molecule has 1 aromatic heterocycles. The average Bonchev–Trinajstić information content (AvgIpc) is 3.69. The van der Waals surface area contributed by atoms with Gasteiger partial charge in [0.15, 0.2) is 6.20 Å². The molecule has 252 valence electrons. The van der Waals surface area contributed by atoms with Gasteiger partial charge in [0.1, 0.15) is 16.7 Å². The summed E-state index contributed by atoms with van der Waals surface area (Å²) in [5, 5.41) is 2.15. The lowest BCUT2D eigenvalue weighted by Gasteiger charge is -2.10. The van der Waals surface area contributed by atoms with Crippen LogP contribution in [0.1, 0.15) is 134 Å². The highest BCUT2D eigenvalue weighted by atomic mass is 32.2. The third kappa shape index (κ3) is 19.9. The summed E-state index contributed by atoms with van der Waals surface area (Å²) in [4.78, 5) is -0.178. The predicted molar refractivity (Wildman–Crippen MR) is 181 cm³/mol. The Morgan fingerprint density at radius 3 is 2.05 bits per heavy atom. The molecular weight excluding hydrogens is 591 g/mol. The van der Waals surface area contributed by atoms with Crippen LogP contribution in [0.5, 0.6) is 0 Å². The molecule has 0 saturated carbocycles. The van der Waals surface area contributed by atoms with E-state index in [-0.39, 0.29) is 4.90 Å². The van der Waals surface area contributed by atoms with Crippen LogP contribution in [0.15, 0.2) is 46.2 Å². The molecule has 0 unspecified atom stereocenters. The first kappa shape index (κ1) is 38.9. The van der Waals surface area contributed by atoms with Crippen molar-refractivity contribution in [2.45, 2.75) is 153 Å². The molecule has 1 aromatic carbocycles. The van der Waals surface area contributed by atoms with E-state index in [1.807, 2.05) is 6.92 Å². The molecule has 0 bridgehead atoms. The van der Waals surface area contributed by atoms with Crippen LogP contribution in [0.25, 0.3) is 0 Å². The van der Waals surface area contributed by atoms with Crippen LogP contribution in [-0.2, 0) is 26.1 Å². The minimum absolute atomic E-state index is 0.178. The summed E-state index contributed by atoms with van der Waals surface area (Å²) in [5.74, 6) is 0.780. The maximum absolute atomic E-state index is 10.4. The third-order valence-electron chi connectivity index (χ3n) is 8.48. The van der Waals surface area contributed by atoms with Gasteiger partial charge in [0.05, 0.1) is 23.0 Å². The first-order chi connectivity index (χ1) is 21.4. The molecule has 2 atom stereocenters. The van der Waals surface area contributed by atoms with Gasteiger partial charge in [-0.25, -0.2) is 8.42 Å². The second-order valence-electron chi connectivity index (χ2n) is 12.6. The molecule has 0 aliphatic carbocycles. The lowest BCUT2D eigenvalue weighted by Crippen LogP contribution is -2.29. The highest BCUT2D eigenvalue weighted by molar-refractivity contribution is 7.85. The zero-order chi connectivity index (χ0) is 31.7. The quantitative estimate of drug-likeness (QED) is 0.0642. The summed E-state index contributed by atoms with van der Waals surface area (Å²) in [7, 11) is -4.27. The van der Waals surface area contributed by atoms with E-state index in [1.165, 1.54) is 141 Å². The normalized spacial score (nSPS) is 16.6. The van der Waals surface area contributed by atoms with E-state index in [0.717, 1.165) is 31.3 Å². The van der Waals surface area contributed by atoms with Crippen molar-refractivity contribution in [3.05, 3.63) is 46.9 Å². The molecule has 0 radical (unpaired) electrons. The minimum Gasteiger partial charge on any atom is -0.744 e. The van der Waals surface area contributed by atoms with Crippen LogP contribution in [0.3, 0.4) is 0 Å². The van der Waals surface area contributed by atoms with Gasteiger partial charge in [-0.15, -0.1) is 0 Å². The van der Waals surface area contributed by atoms with Gasteiger partial charge in [0.2, 0.25) is 5.51 Å². The van der Waals surface area contributed by atoms with Crippen molar-refractivity contribution in [1.29, 1.82) is 0 Å². The van der Waals surface area contributed by atoms with Gasteiger partial charge in [-0.1, -0.05) is 126 Å². The lowest BCUT2D eigenvalue weighted by atomic mass is 9.97. The summed E-state index contributed by atoms with van der Waals surface area (Å²) in [6.45, 7) is 7.96. The fourth-order valence-electron chi connectivity index (χ4n) is 5.71. The highest BCUT2D eigenvalue weighted by Crippen LogP contribution is 2.25. The number of ether oxygens (including phenoxy) is 2. The second kappa shape index (κ2) is 24.9. The Labute approximate surface area is 273 Å². The van der Waals surface area contributed by atoms with Crippen molar-refractivity contribution in [3.8, 4) is 0 Å². The SMILES string of the molecule is CCCCCCCCCCCCCC[C@H]1CO[C@H](COCCCCCCC[n+]2ccsc2)C1.Cc1ccc(S(=O)(=O)[O-])cc1. The number of nitrogens with zero attached hydrogens (tertiary/aromatic N) is 1. The van der Waals surface area contributed by atoms with Gasteiger partial charge in [-0.2, -0.15) is 4.57 Å². The molecule has 1 fully saturated rings. The Hall–Kier alpha value is -1.32. The molecule has 3 rings (SSSR count). The van der Waals surface area contributed by atoms with Crippen LogP contribution >= 0.6 is 11.3 Å². The van der Waals surface area contributed by atoms with Gasteiger partial charge >= 0.3 is 0 Å². The molecule has 1 aliphatic rings. The van der Waals surface area contributed by atoms with Gasteiger partial charge < -0.3 is 14.0 Å². The Balaban J connectivity index is 0.000000514. The molecule has 1 aliphatic heterocycles. The van der Waals surface area contributed by atoms with E-state index in [2.05, 4.69) is 28.6 Å². The van der Waals surface area contributed by atoms with Crippen LogP contribution in [0, 0.1) is 12.8 Å². The van der Waals surface area contributed by atoms with Crippen molar-refractivity contribution in [1.82, 2.24) is 0 Å². The second-order valence-corrected chi connectivity index (χ2v) is 14.7. The number of hydrogen-bond donors (Lipinski definition) is 0. The molecule has 2 heterocycles. The fourth-order valence-corrected chi connectivity index (χ4v) is 6.81. The van der Waals surface area contributed by atoms with Crippen LogP contribution in [-0.4, -0.2) is 38.9 Å². The molecule has 0 amide bonds. The summed E-state index contributed by atoms with van der Waals surface area (Å²) in [6.07, 6.45) is 28.8. The Morgan fingerprint density at radius 1 is 0.864 bits per heavy atom. The van der Waals surface area contributed by atoms with Crippen molar-refractivity contribution < 1.29 is 27.0 Å². The molecule has 6 nitrogen and oxygen atoms in total. The number of rotatable bonds is 24. The first-order valence-electron chi connectivity index (χ1n) is 17.5. The number of unbranched alkanes of at least 4 members (excludes halogenated alkanes) is 15. The Morgan fingerprint density at radius 2 is 1.45 bits per heavy atom. The Bertz CT molecular complexity index is 1030. The summed E-state index contributed by atoms with van der Waals surface area (Å²) in [5.41, 5.74) is 3.12.